The second kappa shape index (κ2) is 6.94. The minimum Gasteiger partial charge on any atom is -0.504 e. The number of pyridine rings is 1. The number of allylic oxidation sites excluding steroid dienone is 1. The summed E-state index contributed by atoms with van der Waals surface area (Å²) in [6.07, 6.45) is 2.56. The molecular formula is C16H14N2O4S. The van der Waals surface area contributed by atoms with Gasteiger partial charge in [0.1, 0.15) is 6.07 Å². The van der Waals surface area contributed by atoms with Gasteiger partial charge in [-0.2, -0.15) is 5.26 Å². The lowest BCUT2D eigenvalue weighted by molar-refractivity contribution is 0.318. The van der Waals surface area contributed by atoms with Crippen LogP contribution in [0.15, 0.2) is 52.5 Å². The third kappa shape index (κ3) is 3.67. The van der Waals surface area contributed by atoms with Crippen LogP contribution in [0.3, 0.4) is 0 Å². The first-order chi connectivity index (χ1) is 11.0. The molecule has 0 bridgehead atoms. The molecule has 6 nitrogen and oxygen atoms in total. The van der Waals surface area contributed by atoms with Crippen molar-refractivity contribution < 1.29 is 18.3 Å². The van der Waals surface area contributed by atoms with Gasteiger partial charge in [0.2, 0.25) is 9.84 Å². The Morgan fingerprint density at radius 2 is 2.17 bits per heavy atom. The second-order valence-corrected chi connectivity index (χ2v) is 6.32. The molecule has 2 rings (SSSR count). The molecule has 1 heterocycles. The Bertz CT molecular complexity index is 869. The number of sulfone groups is 1. The Morgan fingerprint density at radius 3 is 2.78 bits per heavy atom. The summed E-state index contributed by atoms with van der Waals surface area (Å²) in [5.41, 5.74) is 0.419. The molecule has 0 unspecified atom stereocenters. The highest BCUT2D eigenvalue weighted by Gasteiger charge is 2.22. The van der Waals surface area contributed by atoms with E-state index in [9.17, 15) is 18.8 Å². The third-order valence-corrected chi connectivity index (χ3v) is 4.47. The summed E-state index contributed by atoms with van der Waals surface area (Å²) in [6, 6.07) is 10.5. The lowest BCUT2D eigenvalue weighted by atomic mass is 10.2. The van der Waals surface area contributed by atoms with Gasteiger partial charge in [-0.25, -0.2) is 13.4 Å². The molecule has 0 aliphatic carbocycles. The minimum absolute atomic E-state index is 0.0601. The summed E-state index contributed by atoms with van der Waals surface area (Å²) in [7, 11) is -4.00. The topological polar surface area (TPSA) is 100 Å². The highest BCUT2D eigenvalue weighted by molar-refractivity contribution is 7.95. The van der Waals surface area contributed by atoms with Crippen molar-refractivity contribution in [3.63, 3.8) is 0 Å². The van der Waals surface area contributed by atoms with Crippen LogP contribution < -0.4 is 4.74 Å². The molecule has 0 atom stereocenters. The summed E-state index contributed by atoms with van der Waals surface area (Å²) in [5.74, 6) is 0.156. The standard InChI is InChI=1S/C16H14N2O4S/c1-2-22-15-10-12(6-7-14(15)19)9-13(11-17)23(20,21)16-5-3-4-8-18-16/h3-10,19H,2H2,1H3. The predicted octanol–water partition coefficient (Wildman–Crippen LogP) is 2.52. The average molecular weight is 330 g/mol. The van der Waals surface area contributed by atoms with E-state index in [4.69, 9.17) is 4.74 Å². The first kappa shape index (κ1) is 16.5. The molecule has 0 saturated carbocycles. The molecule has 7 heteroatoms. The Kier molecular flexibility index (Phi) is 4.98. The van der Waals surface area contributed by atoms with Gasteiger partial charge in [-0.1, -0.05) is 12.1 Å². The van der Waals surface area contributed by atoms with Crippen molar-refractivity contribution in [2.75, 3.05) is 6.61 Å². The number of phenolic OH excluding ortho intramolecular Hbond substituents is 1. The molecule has 118 valence electrons. The van der Waals surface area contributed by atoms with E-state index in [0.717, 1.165) is 0 Å². The SMILES string of the molecule is CCOc1cc(C=C(C#N)S(=O)(=O)c2ccccn2)ccc1O. The number of ether oxygens (including phenoxy) is 1. The maximum Gasteiger partial charge on any atom is 0.233 e. The molecular weight excluding hydrogens is 316 g/mol. The van der Waals surface area contributed by atoms with Crippen LogP contribution in [-0.2, 0) is 9.84 Å². The van der Waals surface area contributed by atoms with Crippen molar-refractivity contribution in [3.8, 4) is 17.6 Å². The van der Waals surface area contributed by atoms with Crippen molar-refractivity contribution in [1.82, 2.24) is 4.98 Å². The predicted molar refractivity (Wildman–Crippen MR) is 84.3 cm³/mol. The number of phenols is 1. The number of hydrogen-bond acceptors (Lipinski definition) is 6. The fourth-order valence-electron chi connectivity index (χ4n) is 1.83. The first-order valence-electron chi connectivity index (χ1n) is 6.72. The fourth-order valence-corrected chi connectivity index (χ4v) is 2.93. The Hall–Kier alpha value is -2.85. The van der Waals surface area contributed by atoms with E-state index in [1.165, 1.54) is 42.6 Å². The zero-order valence-corrected chi connectivity index (χ0v) is 13.1. The average Bonchev–Trinajstić information content (AvgIpc) is 2.56. The molecule has 0 radical (unpaired) electrons. The number of nitrogens with zero attached hydrogens (tertiary/aromatic N) is 2. The molecule has 1 aromatic heterocycles. The Labute approximate surface area is 134 Å². The summed E-state index contributed by atoms with van der Waals surface area (Å²) in [4.78, 5) is 3.34. The summed E-state index contributed by atoms with van der Waals surface area (Å²) >= 11 is 0. The summed E-state index contributed by atoms with van der Waals surface area (Å²) in [5, 5.41) is 18.7. The van der Waals surface area contributed by atoms with Crippen LogP contribution in [0.4, 0.5) is 0 Å². The van der Waals surface area contributed by atoms with E-state index >= 15 is 0 Å². The number of aromatic hydroxyl groups is 1. The molecule has 0 spiro atoms. The monoisotopic (exact) mass is 330 g/mol. The van der Waals surface area contributed by atoms with Crippen LogP contribution in [0.5, 0.6) is 11.5 Å². The fraction of sp³-hybridized carbons (Fsp3) is 0.125. The van der Waals surface area contributed by atoms with Crippen LogP contribution >= 0.6 is 0 Å². The van der Waals surface area contributed by atoms with Crippen LogP contribution in [0.1, 0.15) is 12.5 Å². The molecule has 0 aliphatic heterocycles. The van der Waals surface area contributed by atoms with Gasteiger partial charge in [0.15, 0.2) is 21.4 Å². The van der Waals surface area contributed by atoms with Crippen molar-refractivity contribution >= 4 is 15.9 Å². The maximum atomic E-state index is 12.4. The van der Waals surface area contributed by atoms with Gasteiger partial charge in [0, 0.05) is 6.20 Å². The van der Waals surface area contributed by atoms with Crippen LogP contribution in [0.25, 0.3) is 6.08 Å². The van der Waals surface area contributed by atoms with E-state index in [-0.39, 0.29) is 16.5 Å². The minimum atomic E-state index is -4.00. The van der Waals surface area contributed by atoms with E-state index in [1.807, 2.05) is 0 Å². The highest BCUT2D eigenvalue weighted by Crippen LogP contribution is 2.28. The molecule has 0 aliphatic rings. The molecule has 1 aromatic carbocycles. The van der Waals surface area contributed by atoms with Gasteiger partial charge in [-0.3, -0.25) is 0 Å². The van der Waals surface area contributed by atoms with Gasteiger partial charge >= 0.3 is 0 Å². The van der Waals surface area contributed by atoms with Crippen LogP contribution in [0, 0.1) is 11.3 Å². The van der Waals surface area contributed by atoms with Gasteiger partial charge in [0.05, 0.1) is 6.61 Å². The Morgan fingerprint density at radius 1 is 1.39 bits per heavy atom. The van der Waals surface area contributed by atoms with Crippen molar-refractivity contribution in [2.24, 2.45) is 0 Å². The zero-order chi connectivity index (χ0) is 16.9. The largest absolute Gasteiger partial charge is 0.504 e. The van der Waals surface area contributed by atoms with Gasteiger partial charge < -0.3 is 9.84 Å². The van der Waals surface area contributed by atoms with E-state index in [0.29, 0.717) is 12.2 Å². The second-order valence-electron chi connectivity index (χ2n) is 4.45. The van der Waals surface area contributed by atoms with Crippen molar-refractivity contribution in [1.29, 1.82) is 5.26 Å². The van der Waals surface area contributed by atoms with Gasteiger partial charge in [-0.15, -0.1) is 0 Å². The Balaban J connectivity index is 2.48. The van der Waals surface area contributed by atoms with Crippen molar-refractivity contribution in [3.05, 3.63) is 53.1 Å². The number of benzene rings is 1. The first-order valence-corrected chi connectivity index (χ1v) is 8.21. The normalized spacial score (nSPS) is 11.7. The number of rotatable bonds is 5. The third-order valence-electron chi connectivity index (χ3n) is 2.89. The van der Waals surface area contributed by atoms with E-state index in [2.05, 4.69) is 4.98 Å². The van der Waals surface area contributed by atoms with Crippen molar-refractivity contribution in [2.45, 2.75) is 11.9 Å². The summed E-state index contributed by atoms with van der Waals surface area (Å²) < 4.78 is 30.1. The molecule has 0 fully saturated rings. The lowest BCUT2D eigenvalue weighted by Gasteiger charge is -2.07. The van der Waals surface area contributed by atoms with E-state index in [1.54, 1.807) is 19.1 Å². The van der Waals surface area contributed by atoms with Crippen LogP contribution in [-0.4, -0.2) is 25.1 Å². The quantitative estimate of drug-likeness (QED) is 0.846. The molecule has 2 aromatic rings. The maximum absolute atomic E-state index is 12.4. The van der Waals surface area contributed by atoms with Crippen LogP contribution in [0.2, 0.25) is 0 Å². The molecule has 0 amide bonds. The summed E-state index contributed by atoms with van der Waals surface area (Å²) in [6.45, 7) is 2.10. The zero-order valence-electron chi connectivity index (χ0n) is 12.3. The number of hydrogen-bond donors (Lipinski definition) is 1. The van der Waals surface area contributed by atoms with Gasteiger partial charge in [0.25, 0.3) is 0 Å². The van der Waals surface area contributed by atoms with E-state index < -0.39 is 14.7 Å². The number of nitriles is 1. The molecule has 23 heavy (non-hydrogen) atoms. The smallest absolute Gasteiger partial charge is 0.233 e. The molecule has 0 saturated heterocycles. The highest BCUT2D eigenvalue weighted by atomic mass is 32.2. The lowest BCUT2D eigenvalue weighted by Crippen LogP contribution is -2.05. The molecule has 1 N–H and O–H groups in total. The number of aromatic nitrogens is 1. The van der Waals surface area contributed by atoms with Gasteiger partial charge in [-0.05, 0) is 42.8 Å².